The van der Waals surface area contributed by atoms with Crippen LogP contribution in [0.25, 0.3) is 0 Å². The molecule has 0 spiro atoms. The van der Waals surface area contributed by atoms with Crippen LogP contribution in [0.5, 0.6) is 0 Å². The van der Waals surface area contributed by atoms with Crippen molar-refractivity contribution in [2.75, 3.05) is 11.4 Å². The zero-order chi connectivity index (χ0) is 12.1. The lowest BCUT2D eigenvalue weighted by Gasteiger charge is -2.26. The van der Waals surface area contributed by atoms with Crippen molar-refractivity contribution < 1.29 is 0 Å². The number of aromatic nitrogens is 1. The molecule has 0 aliphatic rings. The number of nitrogens with two attached hydrogens (primary N) is 1. The van der Waals surface area contributed by atoms with E-state index in [2.05, 4.69) is 30.3 Å². The van der Waals surface area contributed by atoms with E-state index in [0.717, 1.165) is 17.9 Å². The number of anilines is 1. The van der Waals surface area contributed by atoms with E-state index in [4.69, 9.17) is 5.73 Å². The SMILES string of the molecule is C=CCN(c1ccc(C(C)N)cn1)C(C)C. The van der Waals surface area contributed by atoms with Crippen molar-refractivity contribution in [3.63, 3.8) is 0 Å². The van der Waals surface area contributed by atoms with E-state index in [1.807, 2.05) is 31.3 Å². The summed E-state index contributed by atoms with van der Waals surface area (Å²) in [6, 6.07) is 4.49. The smallest absolute Gasteiger partial charge is 0.128 e. The van der Waals surface area contributed by atoms with Crippen LogP contribution in [0.4, 0.5) is 5.82 Å². The van der Waals surface area contributed by atoms with Gasteiger partial charge in [-0.15, -0.1) is 6.58 Å². The molecule has 3 nitrogen and oxygen atoms in total. The molecule has 1 atom stereocenters. The second-order valence-corrected chi connectivity index (χ2v) is 4.27. The van der Waals surface area contributed by atoms with E-state index < -0.39 is 0 Å². The third-order valence-electron chi connectivity index (χ3n) is 2.54. The molecule has 1 unspecified atom stereocenters. The van der Waals surface area contributed by atoms with Crippen LogP contribution in [0, 0.1) is 0 Å². The van der Waals surface area contributed by atoms with Crippen LogP contribution in [0.1, 0.15) is 32.4 Å². The zero-order valence-corrected chi connectivity index (χ0v) is 10.4. The molecule has 0 aliphatic carbocycles. The average Bonchev–Trinajstić information content (AvgIpc) is 2.25. The Bertz CT molecular complexity index is 328. The monoisotopic (exact) mass is 219 g/mol. The minimum atomic E-state index is 0.0356. The van der Waals surface area contributed by atoms with Crippen LogP contribution in [0.2, 0.25) is 0 Å². The molecule has 0 saturated heterocycles. The lowest BCUT2D eigenvalue weighted by atomic mass is 10.1. The quantitative estimate of drug-likeness (QED) is 0.774. The molecule has 0 bridgehead atoms. The van der Waals surface area contributed by atoms with Crippen molar-refractivity contribution in [3.05, 3.63) is 36.5 Å². The Balaban J connectivity index is 2.89. The summed E-state index contributed by atoms with van der Waals surface area (Å²) in [7, 11) is 0. The van der Waals surface area contributed by atoms with Crippen LogP contribution in [-0.4, -0.2) is 17.6 Å². The van der Waals surface area contributed by atoms with Gasteiger partial charge in [-0.05, 0) is 32.4 Å². The van der Waals surface area contributed by atoms with Gasteiger partial charge in [0.15, 0.2) is 0 Å². The second-order valence-electron chi connectivity index (χ2n) is 4.27. The van der Waals surface area contributed by atoms with Gasteiger partial charge in [-0.3, -0.25) is 0 Å². The van der Waals surface area contributed by atoms with E-state index in [0.29, 0.717) is 6.04 Å². The molecule has 16 heavy (non-hydrogen) atoms. The van der Waals surface area contributed by atoms with E-state index in [1.165, 1.54) is 0 Å². The van der Waals surface area contributed by atoms with Crippen LogP contribution in [0.3, 0.4) is 0 Å². The Kier molecular flexibility index (Phi) is 4.50. The topological polar surface area (TPSA) is 42.1 Å². The summed E-state index contributed by atoms with van der Waals surface area (Å²) < 4.78 is 0. The Labute approximate surface area is 98.0 Å². The van der Waals surface area contributed by atoms with Crippen LogP contribution >= 0.6 is 0 Å². The van der Waals surface area contributed by atoms with Gasteiger partial charge in [-0.2, -0.15) is 0 Å². The van der Waals surface area contributed by atoms with Gasteiger partial charge in [0.1, 0.15) is 5.82 Å². The lowest BCUT2D eigenvalue weighted by molar-refractivity contribution is 0.710. The Hall–Kier alpha value is -1.35. The molecule has 1 heterocycles. The maximum Gasteiger partial charge on any atom is 0.128 e. The third kappa shape index (κ3) is 3.07. The Morgan fingerprint density at radius 1 is 1.44 bits per heavy atom. The molecule has 1 rings (SSSR count). The number of hydrogen-bond acceptors (Lipinski definition) is 3. The minimum absolute atomic E-state index is 0.0356. The minimum Gasteiger partial charge on any atom is -0.350 e. The predicted molar refractivity (Wildman–Crippen MR) is 69.5 cm³/mol. The van der Waals surface area contributed by atoms with Gasteiger partial charge in [0, 0.05) is 24.8 Å². The highest BCUT2D eigenvalue weighted by Gasteiger charge is 2.10. The Morgan fingerprint density at radius 2 is 2.12 bits per heavy atom. The fraction of sp³-hybridized carbons (Fsp3) is 0.462. The number of pyridine rings is 1. The molecule has 2 N–H and O–H groups in total. The largest absolute Gasteiger partial charge is 0.350 e. The summed E-state index contributed by atoms with van der Waals surface area (Å²) >= 11 is 0. The molecule has 1 aromatic rings. The Morgan fingerprint density at radius 3 is 2.50 bits per heavy atom. The van der Waals surface area contributed by atoms with Crippen molar-refractivity contribution >= 4 is 5.82 Å². The molecule has 0 amide bonds. The molecular weight excluding hydrogens is 198 g/mol. The first kappa shape index (κ1) is 12.7. The molecule has 0 aliphatic heterocycles. The standard InChI is InChI=1S/C13H21N3/c1-5-8-16(10(2)3)13-7-6-12(9-15-13)11(4)14/h5-7,9-11H,1,8,14H2,2-4H3. The molecule has 0 saturated carbocycles. The third-order valence-corrected chi connectivity index (χ3v) is 2.54. The highest BCUT2D eigenvalue weighted by molar-refractivity contribution is 5.41. The molecular formula is C13H21N3. The average molecular weight is 219 g/mol. The fourth-order valence-corrected chi connectivity index (χ4v) is 1.54. The highest BCUT2D eigenvalue weighted by atomic mass is 15.2. The first-order chi connectivity index (χ1) is 7.56. The summed E-state index contributed by atoms with van der Waals surface area (Å²) in [6.45, 7) is 10.8. The van der Waals surface area contributed by atoms with E-state index in [-0.39, 0.29) is 6.04 Å². The second kappa shape index (κ2) is 5.66. The molecule has 0 fully saturated rings. The zero-order valence-electron chi connectivity index (χ0n) is 10.4. The molecule has 0 radical (unpaired) electrons. The van der Waals surface area contributed by atoms with Crippen molar-refractivity contribution in [3.8, 4) is 0 Å². The summed E-state index contributed by atoms with van der Waals surface area (Å²) in [5, 5.41) is 0. The van der Waals surface area contributed by atoms with Gasteiger partial charge >= 0.3 is 0 Å². The predicted octanol–water partition coefficient (Wildman–Crippen LogP) is 2.50. The van der Waals surface area contributed by atoms with Gasteiger partial charge < -0.3 is 10.6 Å². The van der Waals surface area contributed by atoms with Crippen molar-refractivity contribution in [1.82, 2.24) is 4.98 Å². The van der Waals surface area contributed by atoms with Gasteiger partial charge in [0.05, 0.1) is 0 Å². The lowest BCUT2D eigenvalue weighted by Crippen LogP contribution is -2.31. The molecule has 0 aromatic carbocycles. The van der Waals surface area contributed by atoms with Crippen molar-refractivity contribution in [2.24, 2.45) is 5.73 Å². The van der Waals surface area contributed by atoms with Crippen LogP contribution in [-0.2, 0) is 0 Å². The van der Waals surface area contributed by atoms with Crippen LogP contribution < -0.4 is 10.6 Å². The van der Waals surface area contributed by atoms with E-state index in [1.54, 1.807) is 0 Å². The van der Waals surface area contributed by atoms with Crippen molar-refractivity contribution in [2.45, 2.75) is 32.9 Å². The van der Waals surface area contributed by atoms with E-state index in [9.17, 15) is 0 Å². The molecule has 1 aromatic heterocycles. The first-order valence-electron chi connectivity index (χ1n) is 5.65. The van der Waals surface area contributed by atoms with E-state index >= 15 is 0 Å². The number of nitrogens with zero attached hydrogens (tertiary/aromatic N) is 2. The summed E-state index contributed by atoms with van der Waals surface area (Å²) in [4.78, 5) is 6.63. The number of hydrogen-bond donors (Lipinski definition) is 1. The normalized spacial score (nSPS) is 12.6. The fourth-order valence-electron chi connectivity index (χ4n) is 1.54. The maximum atomic E-state index is 5.79. The van der Waals surface area contributed by atoms with Crippen molar-refractivity contribution in [1.29, 1.82) is 0 Å². The van der Waals surface area contributed by atoms with Gasteiger partial charge in [0.2, 0.25) is 0 Å². The van der Waals surface area contributed by atoms with Crippen LogP contribution in [0.15, 0.2) is 31.0 Å². The maximum absolute atomic E-state index is 5.79. The summed E-state index contributed by atoms with van der Waals surface area (Å²) in [5.41, 5.74) is 6.85. The summed E-state index contributed by atoms with van der Waals surface area (Å²) in [5.74, 6) is 0.972. The summed E-state index contributed by atoms with van der Waals surface area (Å²) in [6.07, 6.45) is 3.74. The first-order valence-corrected chi connectivity index (χ1v) is 5.65. The highest BCUT2D eigenvalue weighted by Crippen LogP contribution is 2.16. The van der Waals surface area contributed by atoms with Gasteiger partial charge in [-0.25, -0.2) is 4.98 Å². The van der Waals surface area contributed by atoms with Gasteiger partial charge in [-0.1, -0.05) is 12.1 Å². The molecule has 3 heteroatoms. The molecule has 88 valence electrons. The van der Waals surface area contributed by atoms with Gasteiger partial charge in [0.25, 0.3) is 0 Å². The number of rotatable bonds is 5.